The third-order valence-electron chi connectivity index (χ3n) is 7.05. The summed E-state index contributed by atoms with van der Waals surface area (Å²) in [7, 11) is 0. The molecule has 0 fully saturated rings. The van der Waals surface area contributed by atoms with Gasteiger partial charge in [0, 0.05) is 19.5 Å². The van der Waals surface area contributed by atoms with Gasteiger partial charge in [0.25, 0.3) is 0 Å². The summed E-state index contributed by atoms with van der Waals surface area (Å²) in [6, 6.07) is 33.1. The molecule has 0 saturated carbocycles. The summed E-state index contributed by atoms with van der Waals surface area (Å²) in [5.74, 6) is 2.03. The number of imidazole rings is 1. The number of hydrogen-bond donors (Lipinski definition) is 1. The van der Waals surface area contributed by atoms with Crippen LogP contribution in [0.15, 0.2) is 97.1 Å². The Balaban J connectivity index is 1.11. The number of nitrogens with zero attached hydrogens (tertiary/aromatic N) is 2. The quantitative estimate of drug-likeness (QED) is 0.175. The molecule has 1 amide bonds. The van der Waals surface area contributed by atoms with Gasteiger partial charge >= 0.3 is 0 Å². The Hall–Kier alpha value is -4.38. The smallest absolute Gasteiger partial charge is 0.224 e. The van der Waals surface area contributed by atoms with Crippen LogP contribution < -0.4 is 10.1 Å². The molecule has 0 spiro atoms. The number of benzene rings is 4. The molecule has 0 aliphatic rings. The Morgan fingerprint density at radius 2 is 1.52 bits per heavy atom. The summed E-state index contributed by atoms with van der Waals surface area (Å²) in [5, 5.41) is 3.08. The van der Waals surface area contributed by atoms with Crippen LogP contribution in [0.2, 0.25) is 0 Å². The van der Waals surface area contributed by atoms with E-state index in [4.69, 9.17) is 9.72 Å². The maximum absolute atomic E-state index is 12.6. The maximum atomic E-state index is 12.6. The molecule has 5 nitrogen and oxygen atoms in total. The highest BCUT2D eigenvalue weighted by atomic mass is 16.5. The predicted octanol–water partition coefficient (Wildman–Crippen LogP) is 7.08. The molecule has 5 heteroatoms. The van der Waals surface area contributed by atoms with Gasteiger partial charge in [-0.25, -0.2) is 4.98 Å². The number of ether oxygens (including phenoxy) is 1. The lowest BCUT2D eigenvalue weighted by Crippen LogP contribution is -2.26. The van der Waals surface area contributed by atoms with Gasteiger partial charge in [0.2, 0.25) is 5.91 Å². The Bertz CT molecular complexity index is 1540. The topological polar surface area (TPSA) is 56.1 Å². The molecule has 0 bridgehead atoms. The fourth-order valence-electron chi connectivity index (χ4n) is 5.16. The SMILES string of the molecule is Cc1cc(C)cc(OCCCn2c(CCCNC(=O)Cc3ccc(-c4ccccc4)cc3)nc3ccccc32)c1. The number of carbonyl (C=O) groups is 1. The van der Waals surface area contributed by atoms with Crippen LogP contribution in [0.25, 0.3) is 22.2 Å². The van der Waals surface area contributed by atoms with E-state index >= 15 is 0 Å². The summed E-state index contributed by atoms with van der Waals surface area (Å²) in [6.07, 6.45) is 2.91. The molecule has 0 radical (unpaired) electrons. The van der Waals surface area contributed by atoms with Crippen molar-refractivity contribution in [3.05, 3.63) is 120 Å². The van der Waals surface area contributed by atoms with Crippen LogP contribution in [-0.2, 0) is 24.2 Å². The van der Waals surface area contributed by atoms with Crippen LogP contribution >= 0.6 is 0 Å². The molecule has 5 aromatic rings. The first kappa shape index (κ1) is 27.2. The number of hydrogen-bond acceptors (Lipinski definition) is 3. The number of fused-ring (bicyclic) bond motifs is 1. The van der Waals surface area contributed by atoms with Gasteiger partial charge in [-0.1, -0.05) is 72.8 Å². The van der Waals surface area contributed by atoms with Gasteiger partial charge < -0.3 is 14.6 Å². The minimum absolute atomic E-state index is 0.0458. The minimum Gasteiger partial charge on any atom is -0.494 e. The molecule has 0 atom stereocenters. The highest BCUT2D eigenvalue weighted by molar-refractivity contribution is 5.79. The first-order chi connectivity index (χ1) is 19.5. The monoisotopic (exact) mass is 531 g/mol. The van der Waals surface area contributed by atoms with E-state index in [9.17, 15) is 4.79 Å². The molecule has 1 N–H and O–H groups in total. The molecule has 0 aliphatic carbocycles. The summed E-state index contributed by atoms with van der Waals surface area (Å²) in [5.41, 5.74) is 7.93. The van der Waals surface area contributed by atoms with Gasteiger partial charge in [-0.05, 0) is 78.8 Å². The molecule has 4 aromatic carbocycles. The van der Waals surface area contributed by atoms with E-state index in [1.54, 1.807) is 0 Å². The van der Waals surface area contributed by atoms with E-state index in [0.717, 1.165) is 59.5 Å². The Labute approximate surface area is 236 Å². The lowest BCUT2D eigenvalue weighted by Gasteiger charge is -2.12. The van der Waals surface area contributed by atoms with Crippen molar-refractivity contribution >= 4 is 16.9 Å². The number of nitrogens with one attached hydrogen (secondary N) is 1. The highest BCUT2D eigenvalue weighted by Gasteiger charge is 2.11. The number of rotatable bonds is 12. The van der Waals surface area contributed by atoms with Gasteiger partial charge in [0.05, 0.1) is 24.1 Å². The molecule has 0 aliphatic heterocycles. The van der Waals surface area contributed by atoms with Crippen molar-refractivity contribution in [2.45, 2.75) is 46.1 Å². The highest BCUT2D eigenvalue weighted by Crippen LogP contribution is 2.21. The largest absolute Gasteiger partial charge is 0.494 e. The van der Waals surface area contributed by atoms with Crippen molar-refractivity contribution in [1.82, 2.24) is 14.9 Å². The third-order valence-corrected chi connectivity index (χ3v) is 7.05. The second-order valence-corrected chi connectivity index (χ2v) is 10.4. The first-order valence-electron chi connectivity index (χ1n) is 14.1. The Morgan fingerprint density at radius 3 is 2.30 bits per heavy atom. The van der Waals surface area contributed by atoms with Crippen molar-refractivity contribution in [2.24, 2.45) is 0 Å². The lowest BCUT2D eigenvalue weighted by atomic mass is 10.0. The van der Waals surface area contributed by atoms with E-state index in [1.165, 1.54) is 16.7 Å². The van der Waals surface area contributed by atoms with Crippen molar-refractivity contribution in [3.63, 3.8) is 0 Å². The molecule has 40 heavy (non-hydrogen) atoms. The third kappa shape index (κ3) is 7.17. The van der Waals surface area contributed by atoms with Crippen LogP contribution in [0.4, 0.5) is 0 Å². The van der Waals surface area contributed by atoms with Gasteiger partial charge in [0.15, 0.2) is 0 Å². The molecule has 204 valence electrons. The summed E-state index contributed by atoms with van der Waals surface area (Å²) in [4.78, 5) is 17.5. The molecule has 0 saturated heterocycles. The number of para-hydroxylation sites is 2. The van der Waals surface area contributed by atoms with Crippen LogP contribution in [-0.4, -0.2) is 28.6 Å². The molecular formula is C35H37N3O2. The van der Waals surface area contributed by atoms with Crippen LogP contribution in [0.5, 0.6) is 5.75 Å². The zero-order valence-electron chi connectivity index (χ0n) is 23.4. The van der Waals surface area contributed by atoms with E-state index in [0.29, 0.717) is 19.6 Å². The fourth-order valence-corrected chi connectivity index (χ4v) is 5.16. The molecular weight excluding hydrogens is 494 g/mol. The van der Waals surface area contributed by atoms with E-state index < -0.39 is 0 Å². The van der Waals surface area contributed by atoms with Gasteiger partial charge in [0.1, 0.15) is 11.6 Å². The second kappa shape index (κ2) is 13.1. The molecule has 1 heterocycles. The maximum Gasteiger partial charge on any atom is 0.224 e. The number of carbonyl (C=O) groups excluding carboxylic acids is 1. The summed E-state index contributed by atoms with van der Waals surface area (Å²) >= 11 is 0. The van der Waals surface area contributed by atoms with Crippen LogP contribution in [0.3, 0.4) is 0 Å². The van der Waals surface area contributed by atoms with E-state index in [-0.39, 0.29) is 5.91 Å². The Kier molecular flexibility index (Phi) is 8.92. The predicted molar refractivity (Wildman–Crippen MR) is 163 cm³/mol. The van der Waals surface area contributed by atoms with E-state index in [2.05, 4.69) is 84.4 Å². The first-order valence-corrected chi connectivity index (χ1v) is 14.1. The van der Waals surface area contributed by atoms with Crippen LogP contribution in [0.1, 0.15) is 35.4 Å². The standard InChI is InChI=1S/C35H37N3O2/c1-26-22-27(2)24-31(23-26)40-21-9-20-38-33-13-7-6-12-32(33)37-34(38)14-8-19-36-35(39)25-28-15-17-30(18-16-28)29-10-4-3-5-11-29/h3-7,10-13,15-18,22-24H,8-9,14,19-21,25H2,1-2H3,(H,36,39). The zero-order valence-corrected chi connectivity index (χ0v) is 23.4. The number of aryl methyl sites for hydroxylation is 4. The fraction of sp³-hybridized carbons (Fsp3) is 0.257. The van der Waals surface area contributed by atoms with Crippen molar-refractivity contribution < 1.29 is 9.53 Å². The lowest BCUT2D eigenvalue weighted by molar-refractivity contribution is -0.120. The van der Waals surface area contributed by atoms with Crippen LogP contribution in [0, 0.1) is 13.8 Å². The molecule has 1 aromatic heterocycles. The molecule has 0 unspecified atom stereocenters. The minimum atomic E-state index is 0.0458. The van der Waals surface area contributed by atoms with Gasteiger partial charge in [-0.2, -0.15) is 0 Å². The van der Waals surface area contributed by atoms with E-state index in [1.807, 2.05) is 36.4 Å². The second-order valence-electron chi connectivity index (χ2n) is 10.4. The average Bonchev–Trinajstić information content (AvgIpc) is 3.31. The number of amides is 1. The Morgan fingerprint density at radius 1 is 0.825 bits per heavy atom. The normalized spacial score (nSPS) is 11.1. The molecule has 5 rings (SSSR count). The average molecular weight is 532 g/mol. The summed E-state index contributed by atoms with van der Waals surface area (Å²) < 4.78 is 8.34. The van der Waals surface area contributed by atoms with Crippen molar-refractivity contribution in [2.75, 3.05) is 13.2 Å². The van der Waals surface area contributed by atoms with Crippen molar-refractivity contribution in [3.8, 4) is 16.9 Å². The van der Waals surface area contributed by atoms with Gasteiger partial charge in [-0.3, -0.25) is 4.79 Å². The zero-order chi connectivity index (χ0) is 27.7. The summed E-state index contributed by atoms with van der Waals surface area (Å²) in [6.45, 7) is 6.30. The van der Waals surface area contributed by atoms with Gasteiger partial charge in [-0.15, -0.1) is 0 Å². The number of aromatic nitrogens is 2. The van der Waals surface area contributed by atoms with Crippen molar-refractivity contribution in [1.29, 1.82) is 0 Å².